The van der Waals surface area contributed by atoms with E-state index in [1.54, 1.807) is 0 Å². The molecule has 0 unspecified atom stereocenters. The number of aromatic nitrogens is 1. The highest BCUT2D eigenvalue weighted by molar-refractivity contribution is 7.89. The van der Waals surface area contributed by atoms with Gasteiger partial charge in [0.2, 0.25) is 21.8 Å². The molecular formula is C9H8N4O6S. The molecule has 0 spiro atoms. The number of nitrogens with one attached hydrogen (secondary N) is 1. The molecule has 0 aromatic carbocycles. The summed E-state index contributed by atoms with van der Waals surface area (Å²) >= 11 is 0. The number of piperazine rings is 1. The van der Waals surface area contributed by atoms with Crippen molar-refractivity contribution in [1.82, 2.24) is 14.6 Å². The third kappa shape index (κ3) is 2.62. The summed E-state index contributed by atoms with van der Waals surface area (Å²) in [6.07, 6.45) is 0.810. The number of carbonyl (C=O) groups is 2. The summed E-state index contributed by atoms with van der Waals surface area (Å²) < 4.78 is 25.0. The predicted octanol–water partition coefficient (Wildman–Crippen LogP) is -1.36. The standard InChI is InChI=1S/C9H8N4O6S/c14-8-4-12(5-9(15)11-8)20(18,19)6-1-2-7(10-3-6)13(16)17/h1-3H,4-5H2,(H,11,14,15). The van der Waals surface area contributed by atoms with Gasteiger partial charge in [0.15, 0.2) is 6.20 Å². The third-order valence-corrected chi connectivity index (χ3v) is 4.24. The van der Waals surface area contributed by atoms with Crippen LogP contribution in [-0.2, 0) is 19.6 Å². The molecule has 1 aromatic rings. The Hall–Kier alpha value is -2.40. The lowest BCUT2D eigenvalue weighted by molar-refractivity contribution is -0.389. The van der Waals surface area contributed by atoms with Gasteiger partial charge in [-0.2, -0.15) is 4.31 Å². The number of imide groups is 1. The van der Waals surface area contributed by atoms with Crippen molar-refractivity contribution in [2.75, 3.05) is 13.1 Å². The monoisotopic (exact) mass is 300 g/mol. The second-order valence-electron chi connectivity index (χ2n) is 3.85. The molecular weight excluding hydrogens is 292 g/mol. The Labute approximate surface area is 112 Å². The Bertz CT molecular complexity index is 667. The Balaban J connectivity index is 2.32. The molecule has 0 aliphatic carbocycles. The maximum Gasteiger partial charge on any atom is 0.363 e. The normalized spacial score (nSPS) is 16.8. The molecule has 11 heteroatoms. The zero-order chi connectivity index (χ0) is 14.9. The van der Waals surface area contributed by atoms with E-state index in [0.717, 1.165) is 18.3 Å². The molecule has 1 fully saturated rings. The number of amides is 2. The molecule has 2 amide bonds. The Morgan fingerprint density at radius 3 is 2.30 bits per heavy atom. The van der Waals surface area contributed by atoms with Crippen LogP contribution in [0.2, 0.25) is 0 Å². The minimum atomic E-state index is -4.10. The zero-order valence-corrected chi connectivity index (χ0v) is 10.7. The molecule has 106 valence electrons. The van der Waals surface area contributed by atoms with Crippen molar-refractivity contribution in [3.8, 4) is 0 Å². The number of hydrogen-bond acceptors (Lipinski definition) is 7. The summed E-state index contributed by atoms with van der Waals surface area (Å²) in [7, 11) is -4.10. The first kappa shape index (κ1) is 14.0. The molecule has 2 heterocycles. The van der Waals surface area contributed by atoms with Gasteiger partial charge in [0.25, 0.3) is 0 Å². The first-order valence-corrected chi connectivity index (χ1v) is 6.68. The van der Waals surface area contributed by atoms with Gasteiger partial charge in [0, 0.05) is 6.07 Å². The summed E-state index contributed by atoms with van der Waals surface area (Å²) in [5.41, 5.74) is 0. The van der Waals surface area contributed by atoms with Crippen molar-refractivity contribution in [3.05, 3.63) is 28.4 Å². The van der Waals surface area contributed by atoms with Gasteiger partial charge >= 0.3 is 5.82 Å². The highest BCUT2D eigenvalue weighted by Crippen LogP contribution is 2.17. The van der Waals surface area contributed by atoms with Gasteiger partial charge in [-0.25, -0.2) is 8.42 Å². The van der Waals surface area contributed by atoms with E-state index in [0.29, 0.717) is 4.31 Å². The van der Waals surface area contributed by atoms with E-state index in [4.69, 9.17) is 0 Å². The highest BCUT2D eigenvalue weighted by Gasteiger charge is 2.33. The van der Waals surface area contributed by atoms with Crippen molar-refractivity contribution in [2.24, 2.45) is 0 Å². The quantitative estimate of drug-likeness (QED) is 0.413. The van der Waals surface area contributed by atoms with Crippen molar-refractivity contribution in [3.63, 3.8) is 0 Å². The molecule has 1 aromatic heterocycles. The van der Waals surface area contributed by atoms with Crippen LogP contribution in [0.25, 0.3) is 0 Å². The van der Waals surface area contributed by atoms with E-state index in [2.05, 4.69) is 4.98 Å². The molecule has 1 aliphatic heterocycles. The highest BCUT2D eigenvalue weighted by atomic mass is 32.2. The molecule has 10 nitrogen and oxygen atoms in total. The fourth-order valence-electron chi connectivity index (χ4n) is 1.56. The van der Waals surface area contributed by atoms with Crippen molar-refractivity contribution >= 4 is 27.7 Å². The van der Waals surface area contributed by atoms with E-state index < -0.39 is 45.7 Å². The number of nitrogens with zero attached hydrogens (tertiary/aromatic N) is 3. The second kappa shape index (κ2) is 4.94. The molecule has 0 atom stereocenters. The van der Waals surface area contributed by atoms with Crippen LogP contribution in [0.1, 0.15) is 0 Å². The Morgan fingerprint density at radius 2 is 1.85 bits per heavy atom. The molecule has 20 heavy (non-hydrogen) atoms. The van der Waals surface area contributed by atoms with Crippen LogP contribution in [0.4, 0.5) is 5.82 Å². The largest absolute Gasteiger partial charge is 0.363 e. The third-order valence-electron chi connectivity index (χ3n) is 2.46. The van der Waals surface area contributed by atoms with Gasteiger partial charge in [-0.3, -0.25) is 14.9 Å². The van der Waals surface area contributed by atoms with Gasteiger partial charge in [-0.05, 0) is 16.0 Å². The van der Waals surface area contributed by atoms with Crippen LogP contribution in [0.5, 0.6) is 0 Å². The topological polar surface area (TPSA) is 140 Å². The van der Waals surface area contributed by atoms with Crippen LogP contribution in [0.3, 0.4) is 0 Å². The average molecular weight is 300 g/mol. The SMILES string of the molecule is O=C1CN(S(=O)(=O)c2ccc([N+](=O)[O-])nc2)CC(=O)N1. The first-order chi connectivity index (χ1) is 9.30. The fourth-order valence-corrected chi connectivity index (χ4v) is 2.86. The lowest BCUT2D eigenvalue weighted by Crippen LogP contribution is -2.53. The molecule has 2 rings (SSSR count). The van der Waals surface area contributed by atoms with E-state index in [1.165, 1.54) is 0 Å². The molecule has 1 aliphatic rings. The lowest BCUT2D eigenvalue weighted by atomic mass is 10.4. The summed E-state index contributed by atoms with van der Waals surface area (Å²) in [4.78, 5) is 35.0. The summed E-state index contributed by atoms with van der Waals surface area (Å²) in [5, 5.41) is 12.4. The van der Waals surface area contributed by atoms with E-state index >= 15 is 0 Å². The van der Waals surface area contributed by atoms with Crippen molar-refractivity contribution < 1.29 is 22.9 Å². The Morgan fingerprint density at radius 1 is 1.25 bits per heavy atom. The van der Waals surface area contributed by atoms with Crippen LogP contribution in [0.15, 0.2) is 23.2 Å². The average Bonchev–Trinajstić information content (AvgIpc) is 2.37. The number of sulfonamides is 1. The van der Waals surface area contributed by atoms with Crippen LogP contribution in [-0.4, -0.2) is 47.5 Å². The number of pyridine rings is 1. The van der Waals surface area contributed by atoms with Gasteiger partial charge in [-0.15, -0.1) is 0 Å². The van der Waals surface area contributed by atoms with Crippen molar-refractivity contribution in [2.45, 2.75) is 4.90 Å². The van der Waals surface area contributed by atoms with Gasteiger partial charge in [-0.1, -0.05) is 0 Å². The van der Waals surface area contributed by atoms with Gasteiger partial charge in [0.05, 0.1) is 13.1 Å². The minimum absolute atomic E-state index is 0.328. The smallest absolute Gasteiger partial charge is 0.358 e. The van der Waals surface area contributed by atoms with Crippen LogP contribution in [0, 0.1) is 10.1 Å². The van der Waals surface area contributed by atoms with Gasteiger partial charge < -0.3 is 10.1 Å². The predicted molar refractivity (Wildman–Crippen MR) is 62.8 cm³/mol. The molecule has 0 bridgehead atoms. The number of carbonyl (C=O) groups excluding carboxylic acids is 2. The summed E-state index contributed by atoms with van der Waals surface area (Å²) in [5.74, 6) is -1.98. The molecule has 0 saturated carbocycles. The van der Waals surface area contributed by atoms with E-state index in [1.807, 2.05) is 5.32 Å². The maximum atomic E-state index is 12.1. The number of hydrogen-bond donors (Lipinski definition) is 1. The second-order valence-corrected chi connectivity index (χ2v) is 5.79. The number of rotatable bonds is 3. The van der Waals surface area contributed by atoms with Crippen LogP contribution >= 0.6 is 0 Å². The Kier molecular flexibility index (Phi) is 3.46. The molecule has 0 radical (unpaired) electrons. The van der Waals surface area contributed by atoms with E-state index in [-0.39, 0.29) is 4.90 Å². The van der Waals surface area contributed by atoms with Crippen LogP contribution < -0.4 is 5.32 Å². The van der Waals surface area contributed by atoms with Crippen molar-refractivity contribution in [1.29, 1.82) is 0 Å². The number of nitro groups is 1. The zero-order valence-electron chi connectivity index (χ0n) is 9.85. The van der Waals surface area contributed by atoms with Gasteiger partial charge in [0.1, 0.15) is 4.90 Å². The maximum absolute atomic E-state index is 12.1. The summed E-state index contributed by atoms with van der Waals surface area (Å²) in [6.45, 7) is -0.990. The first-order valence-electron chi connectivity index (χ1n) is 5.24. The fraction of sp³-hybridized carbons (Fsp3) is 0.222. The minimum Gasteiger partial charge on any atom is -0.358 e. The lowest BCUT2D eigenvalue weighted by Gasteiger charge is -2.24. The van der Waals surface area contributed by atoms with E-state index in [9.17, 15) is 28.1 Å². The molecule has 1 saturated heterocycles. The molecule has 1 N–H and O–H groups in total. The summed E-state index contributed by atoms with van der Waals surface area (Å²) in [6, 6.07) is 1.93.